The minimum Gasteiger partial charge on any atom is -0.298 e. The van der Waals surface area contributed by atoms with Gasteiger partial charge in [-0.25, -0.2) is 5.01 Å². The average molecular weight is 206 g/mol. The van der Waals surface area contributed by atoms with Crippen molar-refractivity contribution in [3.63, 3.8) is 0 Å². The summed E-state index contributed by atoms with van der Waals surface area (Å²) in [6.07, 6.45) is 5.72. The van der Waals surface area contributed by atoms with E-state index >= 15 is 0 Å². The second kappa shape index (κ2) is 5.15. The summed E-state index contributed by atoms with van der Waals surface area (Å²) in [4.78, 5) is 2.62. The third-order valence-corrected chi connectivity index (χ3v) is 3.19. The summed E-state index contributed by atoms with van der Waals surface area (Å²) in [5.74, 6) is 5.70. The predicted octanol–water partition coefficient (Wildman–Crippen LogP) is 0.842. The average Bonchev–Trinajstić information content (AvgIpc) is 2.58. The van der Waals surface area contributed by atoms with E-state index in [9.17, 15) is 0 Å². The molecule has 3 nitrogen and oxygen atoms in total. The van der Waals surface area contributed by atoms with Gasteiger partial charge in [0, 0.05) is 32.2 Å². The highest BCUT2D eigenvalue weighted by Crippen LogP contribution is 2.23. The van der Waals surface area contributed by atoms with Gasteiger partial charge in [0.1, 0.15) is 0 Å². The van der Waals surface area contributed by atoms with Crippen molar-refractivity contribution in [3.05, 3.63) is 0 Å². The fourth-order valence-electron chi connectivity index (χ4n) is 2.37. The van der Waals surface area contributed by atoms with Crippen LogP contribution in [0.5, 0.6) is 0 Å². The van der Waals surface area contributed by atoms with Crippen LogP contribution in [-0.2, 0) is 0 Å². The third-order valence-electron chi connectivity index (χ3n) is 3.19. The van der Waals surface area contributed by atoms with Crippen LogP contribution in [0, 0.1) is 0 Å². The summed E-state index contributed by atoms with van der Waals surface area (Å²) in [6, 6.07) is 0.888. The maximum Gasteiger partial charge on any atom is 0.0257 e. The first kappa shape index (κ1) is 11.2. The van der Waals surface area contributed by atoms with Crippen LogP contribution in [-0.4, -0.2) is 42.1 Å². The van der Waals surface area contributed by atoms with Gasteiger partial charge in [-0.05, 0) is 12.8 Å². The number of nitrogens with two attached hydrogens (primary N) is 1. The molecule has 0 unspecified atom stereocenters. The molecule has 0 aromatic carbocycles. The lowest BCUT2D eigenvalue weighted by Gasteiger charge is -2.35. The molecule has 0 aromatic heterocycles. The first-order chi connectivity index (χ1) is 5.86. The summed E-state index contributed by atoms with van der Waals surface area (Å²) in [7, 11) is 0. The third kappa shape index (κ3) is 2.81. The quantitative estimate of drug-likeness (QED) is 0.645. The standard InChI is InChI=1S/C9H19N3.ClH/c10-12-7-5-11(6-8-12)9-3-1-2-4-9;/h9H,1-8,10H2;1H. The fourth-order valence-corrected chi connectivity index (χ4v) is 2.37. The Morgan fingerprint density at radius 2 is 1.46 bits per heavy atom. The smallest absolute Gasteiger partial charge is 0.0257 e. The Morgan fingerprint density at radius 1 is 0.923 bits per heavy atom. The van der Waals surface area contributed by atoms with E-state index in [0.29, 0.717) is 0 Å². The van der Waals surface area contributed by atoms with E-state index in [4.69, 9.17) is 5.84 Å². The molecule has 0 spiro atoms. The SMILES string of the molecule is Cl.NN1CCN(C2CCCC2)CC1. The molecule has 2 aliphatic rings. The normalized spacial score (nSPS) is 27.5. The Morgan fingerprint density at radius 3 is 2.00 bits per heavy atom. The number of halogens is 1. The van der Waals surface area contributed by atoms with Crippen LogP contribution >= 0.6 is 12.4 Å². The van der Waals surface area contributed by atoms with Crippen molar-refractivity contribution in [2.24, 2.45) is 5.84 Å². The second-order valence-corrected chi connectivity index (χ2v) is 4.01. The van der Waals surface area contributed by atoms with Crippen molar-refractivity contribution in [3.8, 4) is 0 Å². The van der Waals surface area contributed by atoms with E-state index in [-0.39, 0.29) is 12.4 Å². The van der Waals surface area contributed by atoms with Crippen LogP contribution in [0.4, 0.5) is 0 Å². The zero-order chi connectivity index (χ0) is 8.39. The summed E-state index contributed by atoms with van der Waals surface area (Å²) < 4.78 is 0. The fraction of sp³-hybridized carbons (Fsp3) is 1.00. The molecule has 0 bridgehead atoms. The maximum atomic E-state index is 5.70. The number of rotatable bonds is 1. The molecule has 13 heavy (non-hydrogen) atoms. The van der Waals surface area contributed by atoms with E-state index in [1.807, 2.05) is 5.01 Å². The molecule has 0 radical (unpaired) electrons. The minimum absolute atomic E-state index is 0. The molecular weight excluding hydrogens is 186 g/mol. The van der Waals surface area contributed by atoms with Crippen LogP contribution < -0.4 is 5.84 Å². The van der Waals surface area contributed by atoms with Crippen LogP contribution in [0.3, 0.4) is 0 Å². The Bertz CT molecular complexity index is 140. The zero-order valence-electron chi connectivity index (χ0n) is 8.11. The molecule has 1 aliphatic carbocycles. The van der Waals surface area contributed by atoms with E-state index in [1.165, 1.54) is 38.8 Å². The Hall–Kier alpha value is 0.170. The molecule has 1 saturated carbocycles. The molecular formula is C9H20ClN3. The highest BCUT2D eigenvalue weighted by Gasteiger charge is 2.24. The molecule has 1 aliphatic heterocycles. The van der Waals surface area contributed by atoms with Gasteiger partial charge in [-0.15, -0.1) is 12.4 Å². The number of piperazine rings is 1. The molecule has 2 N–H and O–H groups in total. The van der Waals surface area contributed by atoms with Crippen molar-refractivity contribution in [2.75, 3.05) is 26.2 Å². The van der Waals surface area contributed by atoms with Gasteiger partial charge in [-0.1, -0.05) is 12.8 Å². The van der Waals surface area contributed by atoms with Crippen LogP contribution in [0.15, 0.2) is 0 Å². The summed E-state index contributed by atoms with van der Waals surface area (Å²) in [5.41, 5.74) is 0. The van der Waals surface area contributed by atoms with Gasteiger partial charge < -0.3 is 0 Å². The van der Waals surface area contributed by atoms with Crippen LogP contribution in [0.1, 0.15) is 25.7 Å². The summed E-state index contributed by atoms with van der Waals surface area (Å²) in [6.45, 7) is 4.47. The lowest BCUT2D eigenvalue weighted by atomic mass is 10.2. The largest absolute Gasteiger partial charge is 0.298 e. The van der Waals surface area contributed by atoms with Gasteiger partial charge in [0.25, 0.3) is 0 Å². The highest BCUT2D eigenvalue weighted by atomic mass is 35.5. The number of hydrogen-bond donors (Lipinski definition) is 1. The Kier molecular flexibility index (Phi) is 4.46. The predicted molar refractivity (Wildman–Crippen MR) is 56.8 cm³/mol. The molecule has 1 heterocycles. The van der Waals surface area contributed by atoms with E-state index in [2.05, 4.69) is 4.90 Å². The summed E-state index contributed by atoms with van der Waals surface area (Å²) >= 11 is 0. The van der Waals surface area contributed by atoms with Crippen molar-refractivity contribution in [2.45, 2.75) is 31.7 Å². The van der Waals surface area contributed by atoms with Crippen molar-refractivity contribution in [1.29, 1.82) is 0 Å². The molecule has 0 aromatic rings. The first-order valence-corrected chi connectivity index (χ1v) is 5.10. The topological polar surface area (TPSA) is 32.5 Å². The van der Waals surface area contributed by atoms with Gasteiger partial charge in [-0.3, -0.25) is 10.7 Å². The monoisotopic (exact) mass is 205 g/mol. The maximum absolute atomic E-state index is 5.70. The van der Waals surface area contributed by atoms with Crippen molar-refractivity contribution < 1.29 is 0 Å². The lowest BCUT2D eigenvalue weighted by molar-refractivity contribution is 0.0985. The first-order valence-electron chi connectivity index (χ1n) is 5.10. The Labute approximate surface area is 86.6 Å². The molecule has 78 valence electrons. The van der Waals surface area contributed by atoms with E-state index in [0.717, 1.165) is 19.1 Å². The lowest BCUT2D eigenvalue weighted by Crippen LogP contribution is -2.51. The minimum atomic E-state index is 0. The van der Waals surface area contributed by atoms with E-state index in [1.54, 1.807) is 0 Å². The van der Waals surface area contributed by atoms with Gasteiger partial charge in [0.05, 0.1) is 0 Å². The summed E-state index contributed by atoms with van der Waals surface area (Å²) in [5, 5.41) is 1.94. The van der Waals surface area contributed by atoms with Gasteiger partial charge >= 0.3 is 0 Å². The zero-order valence-corrected chi connectivity index (χ0v) is 8.93. The molecule has 2 rings (SSSR count). The van der Waals surface area contributed by atoms with Crippen molar-refractivity contribution >= 4 is 12.4 Å². The number of nitrogens with zero attached hydrogens (tertiary/aromatic N) is 2. The highest BCUT2D eigenvalue weighted by molar-refractivity contribution is 5.85. The van der Waals surface area contributed by atoms with E-state index < -0.39 is 0 Å². The van der Waals surface area contributed by atoms with Crippen molar-refractivity contribution in [1.82, 2.24) is 9.91 Å². The second-order valence-electron chi connectivity index (χ2n) is 4.01. The molecule has 2 fully saturated rings. The Balaban J connectivity index is 0.000000845. The molecule has 4 heteroatoms. The molecule has 1 saturated heterocycles. The van der Waals surface area contributed by atoms with Crippen LogP contribution in [0.2, 0.25) is 0 Å². The number of hydrazine groups is 1. The van der Waals surface area contributed by atoms with Gasteiger partial charge in [-0.2, -0.15) is 0 Å². The van der Waals surface area contributed by atoms with Crippen LogP contribution in [0.25, 0.3) is 0 Å². The molecule has 0 amide bonds. The molecule has 0 atom stereocenters. The van der Waals surface area contributed by atoms with Gasteiger partial charge in [0.15, 0.2) is 0 Å². The number of hydrogen-bond acceptors (Lipinski definition) is 3. The van der Waals surface area contributed by atoms with Gasteiger partial charge in [0.2, 0.25) is 0 Å².